The maximum Gasteiger partial charge on any atom is 0.410 e. The molecule has 5 nitrogen and oxygen atoms in total. The van der Waals surface area contributed by atoms with Crippen LogP contribution in [0.4, 0.5) is 9.18 Å². The lowest BCUT2D eigenvalue weighted by molar-refractivity contribution is 0.0285. The molecule has 0 aliphatic carbocycles. The van der Waals surface area contributed by atoms with Gasteiger partial charge in [0.1, 0.15) is 11.4 Å². The van der Waals surface area contributed by atoms with Gasteiger partial charge in [0, 0.05) is 19.1 Å². The zero-order valence-electron chi connectivity index (χ0n) is 14.0. The molecule has 0 aromatic heterocycles. The largest absolute Gasteiger partial charge is 0.444 e. The first kappa shape index (κ1) is 17.7. The van der Waals surface area contributed by atoms with E-state index >= 15 is 0 Å². The van der Waals surface area contributed by atoms with Crippen LogP contribution >= 0.6 is 0 Å². The number of hydrogen-bond acceptors (Lipinski definition) is 4. The van der Waals surface area contributed by atoms with Crippen molar-refractivity contribution in [2.24, 2.45) is 11.8 Å². The van der Waals surface area contributed by atoms with Crippen molar-refractivity contribution in [3.63, 3.8) is 0 Å². The summed E-state index contributed by atoms with van der Waals surface area (Å²) in [5.41, 5.74) is 3.37. The third kappa shape index (κ3) is 5.18. The molecule has 0 bridgehead atoms. The van der Waals surface area contributed by atoms with Gasteiger partial charge >= 0.3 is 6.09 Å². The summed E-state index contributed by atoms with van der Waals surface area (Å²) >= 11 is 0. The van der Waals surface area contributed by atoms with Crippen molar-refractivity contribution in [2.75, 3.05) is 13.1 Å². The molecule has 2 atom stereocenters. The normalized spacial score (nSPS) is 19.7. The molecule has 1 aliphatic rings. The highest BCUT2D eigenvalue weighted by Gasteiger charge is 2.33. The minimum absolute atomic E-state index is 0.0351. The van der Waals surface area contributed by atoms with Gasteiger partial charge in [0.05, 0.1) is 0 Å². The highest BCUT2D eigenvalue weighted by Crippen LogP contribution is 2.24. The molecule has 23 heavy (non-hydrogen) atoms. The molecular weight excluding hydrogens is 297 g/mol. The third-order valence-corrected chi connectivity index (χ3v) is 4.03. The average molecular weight is 323 g/mol. The summed E-state index contributed by atoms with van der Waals surface area (Å²) in [5.74, 6) is 5.70. The van der Waals surface area contributed by atoms with E-state index in [2.05, 4.69) is 5.43 Å². The van der Waals surface area contributed by atoms with E-state index in [0.717, 1.165) is 12.0 Å². The zero-order chi connectivity index (χ0) is 17.0. The molecular formula is C17H26FN3O2. The van der Waals surface area contributed by atoms with Gasteiger partial charge in [-0.15, -0.1) is 0 Å². The van der Waals surface area contributed by atoms with Gasteiger partial charge in [-0.2, -0.15) is 0 Å². The zero-order valence-corrected chi connectivity index (χ0v) is 14.0. The first-order chi connectivity index (χ1) is 10.8. The minimum Gasteiger partial charge on any atom is -0.444 e. The maximum atomic E-state index is 13.0. The maximum absolute atomic E-state index is 13.0. The second-order valence-corrected chi connectivity index (χ2v) is 7.08. The van der Waals surface area contributed by atoms with Gasteiger partial charge in [-0.3, -0.25) is 11.3 Å². The number of amides is 1. The van der Waals surface area contributed by atoms with Crippen molar-refractivity contribution in [2.45, 2.75) is 45.3 Å². The number of carbonyl (C=O) groups is 1. The van der Waals surface area contributed by atoms with Crippen LogP contribution in [-0.2, 0) is 11.2 Å². The second-order valence-electron chi connectivity index (χ2n) is 7.08. The summed E-state index contributed by atoms with van der Waals surface area (Å²) in [6.07, 6.45) is 1.29. The molecule has 0 saturated carbocycles. The quantitative estimate of drug-likeness (QED) is 0.660. The molecule has 0 radical (unpaired) electrons. The van der Waals surface area contributed by atoms with Crippen LogP contribution < -0.4 is 11.3 Å². The topological polar surface area (TPSA) is 67.6 Å². The minimum atomic E-state index is -0.491. The van der Waals surface area contributed by atoms with E-state index in [9.17, 15) is 9.18 Å². The molecule has 1 fully saturated rings. The van der Waals surface area contributed by atoms with Crippen molar-refractivity contribution < 1.29 is 13.9 Å². The number of halogens is 1. The summed E-state index contributed by atoms with van der Waals surface area (Å²) in [7, 11) is 0. The highest BCUT2D eigenvalue weighted by molar-refractivity contribution is 5.68. The molecule has 3 N–H and O–H groups in total. The Labute approximate surface area is 137 Å². The lowest BCUT2D eigenvalue weighted by Gasteiger charge is -2.26. The Morgan fingerprint density at radius 3 is 2.65 bits per heavy atom. The van der Waals surface area contributed by atoms with E-state index in [0.29, 0.717) is 19.5 Å². The van der Waals surface area contributed by atoms with E-state index in [1.165, 1.54) is 12.1 Å². The van der Waals surface area contributed by atoms with Crippen LogP contribution in [0.1, 0.15) is 32.8 Å². The van der Waals surface area contributed by atoms with Crippen LogP contribution in [0.3, 0.4) is 0 Å². The molecule has 2 unspecified atom stereocenters. The summed E-state index contributed by atoms with van der Waals surface area (Å²) < 4.78 is 18.4. The van der Waals surface area contributed by atoms with Crippen LogP contribution in [0.15, 0.2) is 24.3 Å². The Balaban J connectivity index is 1.93. The Hall–Kier alpha value is -1.66. The first-order valence-corrected chi connectivity index (χ1v) is 7.97. The van der Waals surface area contributed by atoms with E-state index in [-0.39, 0.29) is 23.9 Å². The van der Waals surface area contributed by atoms with E-state index in [1.807, 2.05) is 20.8 Å². The number of likely N-dealkylation sites (tertiary alicyclic amines) is 1. The lowest BCUT2D eigenvalue weighted by Crippen LogP contribution is -2.44. The molecule has 0 spiro atoms. The number of hydrazine groups is 1. The molecule has 1 aromatic carbocycles. The number of nitrogens with two attached hydrogens (primary N) is 1. The van der Waals surface area contributed by atoms with Gasteiger partial charge in [-0.25, -0.2) is 9.18 Å². The molecule has 1 aliphatic heterocycles. The SMILES string of the molecule is CC(C)(C)OC(=O)N1CCC(C(Cc2ccc(F)cc2)NN)C1. The van der Waals surface area contributed by atoms with Gasteiger partial charge in [-0.05, 0) is 57.2 Å². The number of nitrogens with zero attached hydrogens (tertiary/aromatic N) is 1. The first-order valence-electron chi connectivity index (χ1n) is 7.97. The Kier molecular flexibility index (Phi) is 5.59. The van der Waals surface area contributed by atoms with Crippen LogP contribution in [0.5, 0.6) is 0 Å². The third-order valence-electron chi connectivity index (χ3n) is 4.03. The molecule has 1 heterocycles. The van der Waals surface area contributed by atoms with Crippen molar-refractivity contribution in [3.8, 4) is 0 Å². The van der Waals surface area contributed by atoms with Crippen LogP contribution in [-0.4, -0.2) is 35.7 Å². The predicted molar refractivity (Wildman–Crippen MR) is 87.1 cm³/mol. The van der Waals surface area contributed by atoms with Crippen LogP contribution in [0.2, 0.25) is 0 Å². The average Bonchev–Trinajstić information content (AvgIpc) is 2.94. The van der Waals surface area contributed by atoms with Crippen molar-refractivity contribution in [1.29, 1.82) is 0 Å². The predicted octanol–water partition coefficient (Wildman–Crippen LogP) is 2.46. The summed E-state index contributed by atoms with van der Waals surface area (Å²) in [4.78, 5) is 13.9. The summed E-state index contributed by atoms with van der Waals surface area (Å²) in [5, 5.41) is 0. The number of nitrogens with one attached hydrogen (secondary N) is 1. The molecule has 1 aromatic rings. The molecule has 1 saturated heterocycles. The van der Waals surface area contributed by atoms with Crippen molar-refractivity contribution in [1.82, 2.24) is 10.3 Å². The Morgan fingerprint density at radius 1 is 1.43 bits per heavy atom. The smallest absolute Gasteiger partial charge is 0.410 e. The lowest BCUT2D eigenvalue weighted by atomic mass is 9.93. The number of ether oxygens (including phenoxy) is 1. The van der Waals surface area contributed by atoms with Crippen LogP contribution in [0, 0.1) is 11.7 Å². The van der Waals surface area contributed by atoms with E-state index < -0.39 is 5.60 Å². The summed E-state index contributed by atoms with van der Waals surface area (Å²) in [6, 6.07) is 6.46. The van der Waals surface area contributed by atoms with E-state index in [1.54, 1.807) is 17.0 Å². The fourth-order valence-corrected chi connectivity index (χ4v) is 2.84. The number of carbonyl (C=O) groups excluding carboxylic acids is 1. The fourth-order valence-electron chi connectivity index (χ4n) is 2.84. The number of rotatable bonds is 4. The Morgan fingerprint density at radius 2 is 2.09 bits per heavy atom. The second kappa shape index (κ2) is 7.27. The number of benzene rings is 1. The highest BCUT2D eigenvalue weighted by atomic mass is 19.1. The van der Waals surface area contributed by atoms with Crippen LogP contribution in [0.25, 0.3) is 0 Å². The standard InChI is InChI=1S/C17H26FN3O2/c1-17(2,3)23-16(22)21-9-8-13(11-21)15(20-19)10-12-4-6-14(18)7-5-12/h4-7,13,15,20H,8-11,19H2,1-3H3. The number of hydrogen-bond donors (Lipinski definition) is 2. The van der Waals surface area contributed by atoms with Gasteiger partial charge in [-0.1, -0.05) is 12.1 Å². The van der Waals surface area contributed by atoms with Gasteiger partial charge in [0.25, 0.3) is 0 Å². The molecule has 128 valence electrons. The van der Waals surface area contributed by atoms with E-state index in [4.69, 9.17) is 10.6 Å². The van der Waals surface area contributed by atoms with Gasteiger partial charge in [0.2, 0.25) is 0 Å². The van der Waals surface area contributed by atoms with Crippen molar-refractivity contribution in [3.05, 3.63) is 35.6 Å². The molecule has 2 rings (SSSR count). The fraction of sp³-hybridized carbons (Fsp3) is 0.588. The van der Waals surface area contributed by atoms with Gasteiger partial charge in [0.15, 0.2) is 0 Å². The van der Waals surface area contributed by atoms with Crippen molar-refractivity contribution >= 4 is 6.09 Å². The molecule has 6 heteroatoms. The summed E-state index contributed by atoms with van der Waals surface area (Å²) in [6.45, 7) is 6.86. The molecule has 1 amide bonds. The monoisotopic (exact) mass is 323 g/mol. The Bertz CT molecular complexity index is 528. The van der Waals surface area contributed by atoms with Gasteiger partial charge < -0.3 is 9.64 Å².